The number of amides is 3. The molecule has 1 fully saturated rings. The van der Waals surface area contributed by atoms with Gasteiger partial charge < -0.3 is 14.8 Å². The van der Waals surface area contributed by atoms with Gasteiger partial charge in [-0.15, -0.1) is 0 Å². The van der Waals surface area contributed by atoms with Crippen molar-refractivity contribution in [3.63, 3.8) is 0 Å². The summed E-state index contributed by atoms with van der Waals surface area (Å²) in [5.74, 6) is -3.69. The van der Waals surface area contributed by atoms with E-state index in [1.807, 2.05) is 0 Å². The third kappa shape index (κ3) is 4.75. The highest BCUT2D eigenvalue weighted by Gasteiger charge is 2.47. The number of ketones is 1. The van der Waals surface area contributed by atoms with Crippen molar-refractivity contribution in [1.29, 1.82) is 0 Å². The van der Waals surface area contributed by atoms with E-state index in [-0.39, 0.29) is 0 Å². The van der Waals surface area contributed by atoms with Crippen LogP contribution in [-0.4, -0.2) is 48.5 Å². The highest BCUT2D eigenvalue weighted by atomic mass is 16.6. The molecule has 1 saturated heterocycles. The number of carbonyl (C=O) groups excluding carboxylic acids is 4. The van der Waals surface area contributed by atoms with E-state index in [2.05, 4.69) is 10.6 Å². The summed E-state index contributed by atoms with van der Waals surface area (Å²) in [6.45, 7) is 8.14. The Kier molecular flexibility index (Phi) is 5.87. The van der Waals surface area contributed by atoms with Crippen LogP contribution in [0.15, 0.2) is 0 Å². The maximum atomic E-state index is 12.7. The molecule has 0 saturated carbocycles. The minimum Gasteiger partial charge on any atom is -0.444 e. The molecule has 8 nitrogen and oxygen atoms in total. The lowest BCUT2D eigenvalue weighted by Gasteiger charge is -2.27. The average molecular weight is 328 g/mol. The highest BCUT2D eigenvalue weighted by molar-refractivity contribution is 6.16. The summed E-state index contributed by atoms with van der Waals surface area (Å²) in [6.07, 6.45) is -1.48. The predicted octanol–water partition coefficient (Wildman–Crippen LogP) is 0.392. The third-order valence-corrected chi connectivity index (χ3v) is 3.57. The summed E-state index contributed by atoms with van der Waals surface area (Å²) >= 11 is 0. The van der Waals surface area contributed by atoms with E-state index >= 15 is 0 Å². The number of hydrogen-bond donors (Lipinski definition) is 2. The van der Waals surface area contributed by atoms with Gasteiger partial charge in [-0.05, 0) is 27.7 Å². The van der Waals surface area contributed by atoms with Crippen molar-refractivity contribution in [3.8, 4) is 0 Å². The summed E-state index contributed by atoms with van der Waals surface area (Å²) in [5, 5.41) is 4.55. The number of methoxy groups -OCH3 is 1. The van der Waals surface area contributed by atoms with Gasteiger partial charge in [-0.25, -0.2) is 4.79 Å². The summed E-state index contributed by atoms with van der Waals surface area (Å²) in [5.41, 5.74) is -0.734. The Labute approximate surface area is 135 Å². The van der Waals surface area contributed by atoms with Gasteiger partial charge in [0.05, 0.1) is 12.0 Å². The van der Waals surface area contributed by atoms with Crippen molar-refractivity contribution in [2.24, 2.45) is 11.8 Å². The number of ether oxygens (including phenoxy) is 2. The number of carbonyl (C=O) groups is 4. The predicted molar refractivity (Wildman–Crippen MR) is 80.4 cm³/mol. The number of hydrogen-bond acceptors (Lipinski definition) is 6. The molecule has 0 radical (unpaired) electrons. The average Bonchev–Trinajstić information content (AvgIpc) is 2.66. The standard InChI is InChI=1S/C15H24N2O6/c1-7-9(13(20)17-12(7)19)11(18)10(8(2)22-6)16-14(21)23-15(3,4)5/h7-10H,1-6H3,(H,16,21)(H,17,19,20)/t7-,8?,9+,10?/m0/s1. The highest BCUT2D eigenvalue weighted by Crippen LogP contribution is 2.22. The first-order chi connectivity index (χ1) is 10.5. The van der Waals surface area contributed by atoms with Gasteiger partial charge in [0.15, 0.2) is 5.78 Å². The molecule has 2 N–H and O–H groups in total. The zero-order valence-electron chi connectivity index (χ0n) is 14.3. The zero-order valence-corrected chi connectivity index (χ0v) is 14.3. The first-order valence-electron chi connectivity index (χ1n) is 7.38. The number of Topliss-reactive ketones (excluding diaryl/α,β-unsaturated/α-hetero) is 1. The summed E-state index contributed by atoms with van der Waals surface area (Å²) < 4.78 is 10.2. The molecule has 4 atom stereocenters. The van der Waals surface area contributed by atoms with Crippen LogP contribution < -0.4 is 10.6 Å². The van der Waals surface area contributed by atoms with Crippen molar-refractivity contribution in [2.45, 2.75) is 52.4 Å². The van der Waals surface area contributed by atoms with Gasteiger partial charge in [-0.2, -0.15) is 0 Å². The van der Waals surface area contributed by atoms with E-state index in [0.29, 0.717) is 0 Å². The molecular formula is C15H24N2O6. The van der Waals surface area contributed by atoms with E-state index in [0.717, 1.165) is 0 Å². The second-order valence-electron chi connectivity index (χ2n) is 6.59. The fourth-order valence-electron chi connectivity index (χ4n) is 2.25. The van der Waals surface area contributed by atoms with E-state index < -0.39 is 53.3 Å². The van der Waals surface area contributed by atoms with Gasteiger partial charge in [-0.3, -0.25) is 19.7 Å². The van der Waals surface area contributed by atoms with Gasteiger partial charge in [0.25, 0.3) is 0 Å². The van der Waals surface area contributed by atoms with Crippen LogP contribution in [0.25, 0.3) is 0 Å². The molecular weight excluding hydrogens is 304 g/mol. The second kappa shape index (κ2) is 7.08. The second-order valence-corrected chi connectivity index (χ2v) is 6.59. The van der Waals surface area contributed by atoms with Crippen LogP contribution >= 0.6 is 0 Å². The molecule has 3 amide bonds. The van der Waals surface area contributed by atoms with Crippen molar-refractivity contribution >= 4 is 23.7 Å². The van der Waals surface area contributed by atoms with Crippen LogP contribution in [0.2, 0.25) is 0 Å². The van der Waals surface area contributed by atoms with E-state index in [9.17, 15) is 19.2 Å². The van der Waals surface area contributed by atoms with Crippen molar-refractivity contribution in [3.05, 3.63) is 0 Å². The lowest BCUT2D eigenvalue weighted by Crippen LogP contribution is -2.53. The lowest BCUT2D eigenvalue weighted by atomic mass is 9.87. The molecule has 1 aliphatic rings. The normalized spacial score (nSPS) is 23.9. The minimum absolute atomic E-state index is 0.505. The lowest BCUT2D eigenvalue weighted by molar-refractivity contribution is -0.136. The van der Waals surface area contributed by atoms with Crippen LogP contribution in [0.4, 0.5) is 4.79 Å². The Balaban J connectivity index is 2.94. The van der Waals surface area contributed by atoms with Crippen molar-refractivity contribution < 1.29 is 28.7 Å². The Bertz CT molecular complexity index is 511. The summed E-state index contributed by atoms with van der Waals surface area (Å²) in [6, 6.07) is -1.10. The Morgan fingerprint density at radius 3 is 2.17 bits per heavy atom. The molecule has 8 heteroatoms. The van der Waals surface area contributed by atoms with Crippen LogP contribution in [-0.2, 0) is 23.9 Å². The molecule has 0 spiro atoms. The van der Waals surface area contributed by atoms with Gasteiger partial charge >= 0.3 is 6.09 Å². The number of alkyl carbamates (subject to hydrolysis) is 1. The first-order valence-corrected chi connectivity index (χ1v) is 7.38. The monoisotopic (exact) mass is 328 g/mol. The van der Waals surface area contributed by atoms with Gasteiger partial charge in [-0.1, -0.05) is 6.92 Å². The molecule has 1 aliphatic heterocycles. The topological polar surface area (TPSA) is 111 Å². The molecule has 23 heavy (non-hydrogen) atoms. The van der Waals surface area contributed by atoms with Crippen LogP contribution in [0.5, 0.6) is 0 Å². The first kappa shape index (κ1) is 19.1. The molecule has 0 aromatic heterocycles. The Morgan fingerprint density at radius 1 is 1.22 bits per heavy atom. The van der Waals surface area contributed by atoms with Crippen molar-refractivity contribution in [1.82, 2.24) is 10.6 Å². The van der Waals surface area contributed by atoms with Gasteiger partial charge in [0.1, 0.15) is 17.6 Å². The van der Waals surface area contributed by atoms with E-state index in [4.69, 9.17) is 9.47 Å². The zero-order chi connectivity index (χ0) is 17.9. The molecule has 1 rings (SSSR count). The molecule has 130 valence electrons. The number of rotatable bonds is 5. The van der Waals surface area contributed by atoms with Crippen LogP contribution in [0.1, 0.15) is 34.6 Å². The molecule has 0 aromatic carbocycles. The summed E-state index contributed by atoms with van der Waals surface area (Å²) in [7, 11) is 1.38. The maximum Gasteiger partial charge on any atom is 0.408 e. The van der Waals surface area contributed by atoms with Crippen LogP contribution in [0, 0.1) is 11.8 Å². The van der Waals surface area contributed by atoms with Gasteiger partial charge in [0.2, 0.25) is 11.8 Å². The molecule has 1 heterocycles. The molecule has 2 unspecified atom stereocenters. The largest absolute Gasteiger partial charge is 0.444 e. The third-order valence-electron chi connectivity index (χ3n) is 3.57. The van der Waals surface area contributed by atoms with Gasteiger partial charge in [0, 0.05) is 7.11 Å². The fourth-order valence-corrected chi connectivity index (χ4v) is 2.25. The molecule has 0 aliphatic carbocycles. The molecule has 0 aromatic rings. The van der Waals surface area contributed by atoms with Crippen LogP contribution in [0.3, 0.4) is 0 Å². The Morgan fingerprint density at radius 2 is 1.78 bits per heavy atom. The minimum atomic E-state index is -1.15. The van der Waals surface area contributed by atoms with E-state index in [1.165, 1.54) is 14.0 Å². The van der Waals surface area contributed by atoms with Crippen molar-refractivity contribution in [2.75, 3.05) is 7.11 Å². The smallest absolute Gasteiger partial charge is 0.408 e. The van der Waals surface area contributed by atoms with E-state index in [1.54, 1.807) is 27.7 Å². The fraction of sp³-hybridized carbons (Fsp3) is 0.733. The SMILES string of the molecule is COC(C)C(NC(=O)OC(C)(C)C)C(=O)[C@@H]1C(=O)NC(=O)[C@H]1C. The quantitative estimate of drug-likeness (QED) is 0.558. The maximum absolute atomic E-state index is 12.7. The summed E-state index contributed by atoms with van der Waals surface area (Å²) in [4.78, 5) is 48.0. The Hall–Kier alpha value is -1.96. The number of imide groups is 1. The molecule has 0 bridgehead atoms. The number of nitrogens with one attached hydrogen (secondary N) is 2.